The highest BCUT2D eigenvalue weighted by molar-refractivity contribution is 5.97. The second-order valence-electron chi connectivity index (χ2n) is 8.97. The molecule has 10 heteroatoms. The van der Waals surface area contributed by atoms with Crippen LogP contribution in [0.15, 0.2) is 70.0 Å². The van der Waals surface area contributed by atoms with E-state index in [9.17, 15) is 9.18 Å². The number of nitrogens with zero attached hydrogens (tertiary/aromatic N) is 3. The van der Waals surface area contributed by atoms with Crippen molar-refractivity contribution in [2.75, 3.05) is 20.8 Å². The lowest BCUT2D eigenvalue weighted by molar-refractivity contribution is -0.141. The average Bonchev–Trinajstić information content (AvgIpc) is 3.54. The van der Waals surface area contributed by atoms with Gasteiger partial charge in [-0.3, -0.25) is 4.79 Å². The number of benzene rings is 3. The van der Waals surface area contributed by atoms with Gasteiger partial charge in [-0.2, -0.15) is 5.11 Å². The van der Waals surface area contributed by atoms with Gasteiger partial charge in [-0.15, -0.1) is 5.10 Å². The standard InChI is InChI=1S/C28H27FN4O5/c1-31-33-32-28(30)16-3-5-18(6-4-16)37-23-12-10-22(29)27-21(23)9-11-24(27)38-19-7-8-20-17(13-26(34)35-2)15-36-25(20)14-19/h3-8,10,12,14,17,24H,9,11,13,15H2,1-2H3,(H2,30,31,32)/t17-,24-/m1/s1. The van der Waals surface area contributed by atoms with E-state index in [1.54, 1.807) is 36.4 Å². The lowest BCUT2D eigenvalue weighted by Gasteiger charge is -2.17. The average molecular weight is 519 g/mol. The Morgan fingerprint density at radius 2 is 1.92 bits per heavy atom. The number of ether oxygens (including phenoxy) is 4. The van der Waals surface area contributed by atoms with Gasteiger partial charge in [0.15, 0.2) is 5.84 Å². The van der Waals surface area contributed by atoms with Gasteiger partial charge >= 0.3 is 5.97 Å². The van der Waals surface area contributed by atoms with Crippen molar-refractivity contribution in [3.8, 4) is 23.0 Å². The van der Waals surface area contributed by atoms with Crippen molar-refractivity contribution < 1.29 is 28.1 Å². The number of hydrogen-bond donors (Lipinski definition) is 1. The van der Waals surface area contributed by atoms with E-state index >= 15 is 0 Å². The molecule has 0 bridgehead atoms. The highest BCUT2D eigenvalue weighted by Gasteiger charge is 2.32. The van der Waals surface area contributed by atoms with Gasteiger partial charge in [0, 0.05) is 34.2 Å². The fourth-order valence-electron chi connectivity index (χ4n) is 4.77. The summed E-state index contributed by atoms with van der Waals surface area (Å²) in [6, 6.07) is 15.6. The van der Waals surface area contributed by atoms with E-state index < -0.39 is 6.10 Å². The fraction of sp³-hybridized carbons (Fsp3) is 0.286. The van der Waals surface area contributed by atoms with E-state index in [0.717, 1.165) is 11.1 Å². The molecule has 3 aromatic carbocycles. The van der Waals surface area contributed by atoms with Crippen LogP contribution in [0.3, 0.4) is 0 Å². The predicted octanol–water partition coefficient (Wildman–Crippen LogP) is 5.43. The molecule has 0 aromatic heterocycles. The second kappa shape index (κ2) is 10.9. The van der Waals surface area contributed by atoms with Crippen LogP contribution in [-0.4, -0.2) is 32.6 Å². The third kappa shape index (κ3) is 5.15. The Balaban J connectivity index is 1.31. The first-order valence-corrected chi connectivity index (χ1v) is 12.2. The number of hydrogen-bond acceptors (Lipinski definition) is 7. The summed E-state index contributed by atoms with van der Waals surface area (Å²) in [6.45, 7) is 0.403. The minimum absolute atomic E-state index is 0.0597. The molecule has 0 amide bonds. The topological polar surface area (TPSA) is 117 Å². The Morgan fingerprint density at radius 1 is 1.13 bits per heavy atom. The van der Waals surface area contributed by atoms with Crippen LogP contribution in [0.25, 0.3) is 0 Å². The summed E-state index contributed by atoms with van der Waals surface area (Å²) in [5, 5.41) is 10.9. The van der Waals surface area contributed by atoms with Gasteiger partial charge in [0.05, 0.1) is 27.2 Å². The van der Waals surface area contributed by atoms with Gasteiger partial charge in [-0.1, -0.05) is 6.07 Å². The van der Waals surface area contributed by atoms with Crippen LogP contribution in [0.5, 0.6) is 23.0 Å². The normalized spacial score (nSPS) is 18.1. The summed E-state index contributed by atoms with van der Waals surface area (Å²) < 4.78 is 37.9. The van der Waals surface area contributed by atoms with Crippen molar-refractivity contribution in [1.29, 1.82) is 0 Å². The van der Waals surface area contributed by atoms with Gasteiger partial charge < -0.3 is 24.7 Å². The largest absolute Gasteiger partial charge is 0.492 e. The molecule has 2 aliphatic rings. The Bertz CT molecular complexity index is 1410. The Hall–Kier alpha value is -4.47. The molecular weight excluding hydrogens is 491 g/mol. The molecule has 1 aliphatic carbocycles. The Kier molecular flexibility index (Phi) is 7.21. The molecule has 0 unspecified atom stereocenters. The molecule has 3 aromatic rings. The zero-order valence-electron chi connectivity index (χ0n) is 21.0. The van der Waals surface area contributed by atoms with Crippen molar-refractivity contribution in [3.05, 3.63) is 82.7 Å². The monoisotopic (exact) mass is 518 g/mol. The fourth-order valence-corrected chi connectivity index (χ4v) is 4.77. The van der Waals surface area contributed by atoms with Gasteiger partial charge in [-0.25, -0.2) is 4.39 Å². The predicted molar refractivity (Wildman–Crippen MR) is 137 cm³/mol. The molecule has 0 saturated heterocycles. The second-order valence-corrected chi connectivity index (χ2v) is 8.97. The number of halogens is 1. The van der Waals surface area contributed by atoms with Crippen LogP contribution < -0.4 is 19.9 Å². The minimum Gasteiger partial charge on any atom is -0.492 e. The van der Waals surface area contributed by atoms with Crippen molar-refractivity contribution in [2.24, 2.45) is 21.2 Å². The first-order chi connectivity index (χ1) is 18.5. The maximum Gasteiger partial charge on any atom is 0.306 e. The van der Waals surface area contributed by atoms with Gasteiger partial charge in [0.2, 0.25) is 0 Å². The van der Waals surface area contributed by atoms with Crippen LogP contribution in [0.4, 0.5) is 4.39 Å². The highest BCUT2D eigenvalue weighted by Crippen LogP contribution is 2.44. The first kappa shape index (κ1) is 25.2. The van der Waals surface area contributed by atoms with Crippen LogP contribution >= 0.6 is 0 Å². The number of fused-ring (bicyclic) bond motifs is 2. The molecule has 5 rings (SSSR count). The quantitative estimate of drug-likeness (QED) is 0.140. The van der Waals surface area contributed by atoms with E-state index in [-0.39, 0.29) is 30.0 Å². The van der Waals surface area contributed by atoms with E-state index in [1.165, 1.54) is 20.2 Å². The molecular formula is C28H27FN4O5. The first-order valence-electron chi connectivity index (χ1n) is 12.2. The number of carbonyl (C=O) groups excluding carboxylic acids is 1. The SMILES string of the molecule is CN=N/N=C(\N)c1ccc(Oc2ccc(F)c3c2CC[C@H]3Oc2ccc3c(c2)OC[C@H]3CC(=O)OC)cc1. The van der Waals surface area contributed by atoms with Crippen molar-refractivity contribution in [3.63, 3.8) is 0 Å². The summed E-state index contributed by atoms with van der Waals surface area (Å²) in [5.41, 5.74) is 8.77. The van der Waals surface area contributed by atoms with Crippen LogP contribution in [-0.2, 0) is 16.0 Å². The number of rotatable bonds is 8. The molecule has 9 nitrogen and oxygen atoms in total. The summed E-state index contributed by atoms with van der Waals surface area (Å²) in [6.07, 6.45) is 0.996. The lowest BCUT2D eigenvalue weighted by Crippen LogP contribution is -2.12. The van der Waals surface area contributed by atoms with E-state index in [1.807, 2.05) is 12.1 Å². The number of esters is 1. The number of methoxy groups -OCH3 is 1. The molecule has 38 heavy (non-hydrogen) atoms. The minimum atomic E-state index is -0.468. The lowest BCUT2D eigenvalue weighted by atomic mass is 9.98. The number of amidine groups is 1. The van der Waals surface area contributed by atoms with Crippen LogP contribution in [0, 0.1) is 5.82 Å². The third-order valence-electron chi connectivity index (χ3n) is 6.64. The Morgan fingerprint density at radius 3 is 2.68 bits per heavy atom. The summed E-state index contributed by atoms with van der Waals surface area (Å²) in [7, 11) is 2.88. The van der Waals surface area contributed by atoms with Gasteiger partial charge in [0.25, 0.3) is 0 Å². The highest BCUT2D eigenvalue weighted by atomic mass is 19.1. The molecule has 0 saturated carbocycles. The molecule has 1 aliphatic heterocycles. The molecule has 0 radical (unpaired) electrons. The van der Waals surface area contributed by atoms with Crippen molar-refractivity contribution in [2.45, 2.75) is 31.3 Å². The maximum absolute atomic E-state index is 15.0. The summed E-state index contributed by atoms with van der Waals surface area (Å²) in [5.74, 6) is 1.95. The summed E-state index contributed by atoms with van der Waals surface area (Å²) in [4.78, 5) is 11.7. The van der Waals surface area contributed by atoms with Crippen LogP contribution in [0.1, 0.15) is 47.1 Å². The zero-order chi connectivity index (χ0) is 26.6. The zero-order valence-corrected chi connectivity index (χ0v) is 21.0. The van der Waals surface area contributed by atoms with Crippen molar-refractivity contribution >= 4 is 11.8 Å². The molecule has 1 heterocycles. The van der Waals surface area contributed by atoms with Crippen LogP contribution in [0.2, 0.25) is 0 Å². The third-order valence-corrected chi connectivity index (χ3v) is 6.64. The van der Waals surface area contributed by atoms with E-state index in [0.29, 0.717) is 53.6 Å². The molecule has 196 valence electrons. The van der Waals surface area contributed by atoms with Gasteiger partial charge in [-0.05, 0) is 60.5 Å². The molecule has 2 N–H and O–H groups in total. The molecule has 0 fully saturated rings. The number of carbonyl (C=O) groups is 1. The Labute approximate surface area is 219 Å². The molecule has 0 spiro atoms. The maximum atomic E-state index is 15.0. The van der Waals surface area contributed by atoms with E-state index in [2.05, 4.69) is 15.4 Å². The summed E-state index contributed by atoms with van der Waals surface area (Å²) >= 11 is 0. The van der Waals surface area contributed by atoms with E-state index in [4.69, 9.17) is 24.7 Å². The molecule has 2 atom stereocenters. The van der Waals surface area contributed by atoms with Crippen molar-refractivity contribution in [1.82, 2.24) is 0 Å². The smallest absolute Gasteiger partial charge is 0.306 e. The van der Waals surface area contributed by atoms with Gasteiger partial charge in [0.1, 0.15) is 34.9 Å². The number of nitrogens with two attached hydrogens (primary N) is 1.